The molecule has 0 aromatic heterocycles. The van der Waals surface area contributed by atoms with Gasteiger partial charge in [0.25, 0.3) is 0 Å². The number of fused-ring (bicyclic) bond motifs is 3. The number of hydrogen-bond donors (Lipinski definition) is 0. The quantitative estimate of drug-likeness (QED) is 0.0682. The molecule has 0 radical (unpaired) electrons. The van der Waals surface area contributed by atoms with Crippen LogP contribution in [-0.4, -0.2) is 43.7 Å². The maximum absolute atomic E-state index is 13.0. The average molecular weight is 641 g/mol. The number of unbranched alkanes of at least 4 members (excludes halogenated alkanes) is 3. The van der Waals surface area contributed by atoms with Crippen LogP contribution in [0.25, 0.3) is 11.1 Å². The Morgan fingerprint density at radius 1 is 0.809 bits per heavy atom. The molecule has 0 saturated heterocycles. The largest absolute Gasteiger partial charge is 0.494 e. The number of carbonyl (C=O) groups excluding carboxylic acids is 4. The zero-order valence-corrected chi connectivity index (χ0v) is 27.1. The summed E-state index contributed by atoms with van der Waals surface area (Å²) < 4.78 is 27.0. The van der Waals surface area contributed by atoms with Crippen LogP contribution in [0.15, 0.2) is 79.4 Å². The van der Waals surface area contributed by atoms with E-state index >= 15 is 0 Å². The molecule has 0 amide bonds. The minimum absolute atomic E-state index is 0.0305. The highest BCUT2D eigenvalue weighted by molar-refractivity contribution is 5.95. The molecule has 1 unspecified atom stereocenters. The first-order valence-electron chi connectivity index (χ1n) is 15.7. The van der Waals surface area contributed by atoms with Crippen LogP contribution in [0.4, 0.5) is 0 Å². The molecule has 0 heterocycles. The van der Waals surface area contributed by atoms with Gasteiger partial charge < -0.3 is 23.7 Å². The summed E-state index contributed by atoms with van der Waals surface area (Å²) in [6.45, 7) is 13.7. The fraction of sp³-hybridized carbons (Fsp3) is 0.316. The summed E-state index contributed by atoms with van der Waals surface area (Å²) >= 11 is 0. The van der Waals surface area contributed by atoms with Crippen molar-refractivity contribution in [1.82, 2.24) is 0 Å². The van der Waals surface area contributed by atoms with E-state index in [0.717, 1.165) is 53.7 Å². The van der Waals surface area contributed by atoms with Crippen molar-refractivity contribution < 1.29 is 42.9 Å². The van der Waals surface area contributed by atoms with Gasteiger partial charge in [-0.05, 0) is 110 Å². The average Bonchev–Trinajstić information content (AvgIpc) is 3.33. The summed E-state index contributed by atoms with van der Waals surface area (Å²) in [4.78, 5) is 48.1. The number of aryl methyl sites for hydroxylation is 1. The number of ether oxygens (including phenoxy) is 5. The third-order valence-corrected chi connectivity index (χ3v) is 7.76. The molecular weight excluding hydrogens is 600 g/mol. The van der Waals surface area contributed by atoms with Crippen LogP contribution < -0.4 is 14.2 Å². The Morgan fingerprint density at radius 3 is 2.13 bits per heavy atom. The van der Waals surface area contributed by atoms with Gasteiger partial charge in [0, 0.05) is 17.6 Å². The molecular formula is C38H40O9. The summed E-state index contributed by atoms with van der Waals surface area (Å²) in [6.07, 6.45) is 4.54. The molecule has 9 heteroatoms. The second kappa shape index (κ2) is 16.4. The van der Waals surface area contributed by atoms with Crippen molar-refractivity contribution in [3.05, 3.63) is 102 Å². The van der Waals surface area contributed by atoms with Crippen LogP contribution >= 0.6 is 0 Å². The van der Waals surface area contributed by atoms with Gasteiger partial charge in [-0.2, -0.15) is 0 Å². The number of benzene rings is 3. The van der Waals surface area contributed by atoms with Gasteiger partial charge in [0.2, 0.25) is 0 Å². The predicted molar refractivity (Wildman–Crippen MR) is 177 cm³/mol. The zero-order chi connectivity index (χ0) is 33.9. The van der Waals surface area contributed by atoms with Crippen molar-refractivity contribution in [3.63, 3.8) is 0 Å². The van der Waals surface area contributed by atoms with Gasteiger partial charge in [0.1, 0.15) is 17.2 Å². The molecule has 1 aliphatic rings. The maximum Gasteiger partial charge on any atom is 0.343 e. The Morgan fingerprint density at radius 2 is 1.47 bits per heavy atom. The first-order valence-corrected chi connectivity index (χ1v) is 15.7. The smallest absolute Gasteiger partial charge is 0.343 e. The molecule has 0 fully saturated rings. The lowest BCUT2D eigenvalue weighted by atomic mass is 9.99. The molecule has 1 atom stereocenters. The molecule has 47 heavy (non-hydrogen) atoms. The van der Waals surface area contributed by atoms with Crippen molar-refractivity contribution in [2.45, 2.75) is 58.8 Å². The molecule has 3 aromatic rings. The molecule has 3 aromatic carbocycles. The third-order valence-electron chi connectivity index (χ3n) is 7.76. The van der Waals surface area contributed by atoms with E-state index in [2.05, 4.69) is 32.2 Å². The van der Waals surface area contributed by atoms with Crippen molar-refractivity contribution in [2.75, 3.05) is 19.8 Å². The number of rotatable bonds is 16. The zero-order valence-electron chi connectivity index (χ0n) is 27.1. The fourth-order valence-corrected chi connectivity index (χ4v) is 5.28. The molecule has 0 spiro atoms. The Balaban J connectivity index is 1.30. The van der Waals surface area contributed by atoms with Crippen molar-refractivity contribution in [1.29, 1.82) is 0 Å². The van der Waals surface area contributed by atoms with Crippen LogP contribution in [0.1, 0.15) is 78.9 Å². The highest BCUT2D eigenvalue weighted by Gasteiger charge is 2.27. The van der Waals surface area contributed by atoms with E-state index in [-0.39, 0.29) is 30.3 Å². The van der Waals surface area contributed by atoms with E-state index in [1.807, 2.05) is 18.2 Å². The molecule has 9 nitrogen and oxygen atoms in total. The van der Waals surface area contributed by atoms with Crippen LogP contribution in [0, 0.1) is 6.92 Å². The van der Waals surface area contributed by atoms with E-state index < -0.39 is 23.9 Å². The van der Waals surface area contributed by atoms with Gasteiger partial charge in [0.15, 0.2) is 0 Å². The fourth-order valence-electron chi connectivity index (χ4n) is 5.28. The van der Waals surface area contributed by atoms with E-state index in [0.29, 0.717) is 30.1 Å². The van der Waals surface area contributed by atoms with Crippen LogP contribution in [0.2, 0.25) is 0 Å². The first kappa shape index (κ1) is 34.7. The van der Waals surface area contributed by atoms with Crippen molar-refractivity contribution in [2.24, 2.45) is 0 Å². The lowest BCUT2D eigenvalue weighted by molar-refractivity contribution is -0.144. The molecule has 0 N–H and O–H groups in total. The Kier molecular flexibility index (Phi) is 12.1. The predicted octanol–water partition coefficient (Wildman–Crippen LogP) is 7.43. The highest BCUT2D eigenvalue weighted by atomic mass is 16.5. The normalized spacial score (nSPS) is 12.7. The summed E-state index contributed by atoms with van der Waals surface area (Å²) in [5.74, 6) is -0.695. The maximum atomic E-state index is 13.0. The minimum atomic E-state index is -0.749. The van der Waals surface area contributed by atoms with Crippen LogP contribution in [-0.2, 0) is 23.9 Å². The SMILES string of the molecule is C=CC(=O)OCCCCCCOc1ccc2c(c1)C(C)c1cc(OC(=O)c3ccc(OC(=O)C(=C)CC(=O)OCC)c(C)c3)ccc1-2. The van der Waals surface area contributed by atoms with Gasteiger partial charge in [-0.3, -0.25) is 4.79 Å². The molecule has 246 valence electrons. The van der Waals surface area contributed by atoms with Gasteiger partial charge in [-0.15, -0.1) is 0 Å². The lowest BCUT2D eigenvalue weighted by Gasteiger charge is -2.12. The van der Waals surface area contributed by atoms with Gasteiger partial charge in [-0.25, -0.2) is 14.4 Å². The van der Waals surface area contributed by atoms with E-state index in [4.69, 9.17) is 23.7 Å². The summed E-state index contributed by atoms with van der Waals surface area (Å²) in [5, 5.41) is 0. The van der Waals surface area contributed by atoms with Crippen LogP contribution in [0.3, 0.4) is 0 Å². The number of hydrogen-bond acceptors (Lipinski definition) is 9. The molecule has 0 saturated carbocycles. The summed E-state index contributed by atoms with van der Waals surface area (Å²) in [5.41, 5.74) is 5.22. The molecule has 0 bridgehead atoms. The first-order chi connectivity index (χ1) is 22.6. The third kappa shape index (κ3) is 9.19. The van der Waals surface area contributed by atoms with Gasteiger partial charge >= 0.3 is 23.9 Å². The van der Waals surface area contributed by atoms with E-state index in [1.165, 1.54) is 18.2 Å². The summed E-state index contributed by atoms with van der Waals surface area (Å²) in [7, 11) is 0. The Labute approximate surface area is 275 Å². The van der Waals surface area contributed by atoms with Gasteiger partial charge in [-0.1, -0.05) is 32.2 Å². The molecule has 1 aliphatic carbocycles. The highest BCUT2D eigenvalue weighted by Crippen LogP contribution is 2.47. The second-order valence-electron chi connectivity index (χ2n) is 11.2. The number of esters is 4. The molecule has 0 aliphatic heterocycles. The van der Waals surface area contributed by atoms with Crippen LogP contribution in [0.5, 0.6) is 17.2 Å². The van der Waals surface area contributed by atoms with Gasteiger partial charge in [0.05, 0.1) is 31.8 Å². The lowest BCUT2D eigenvalue weighted by Crippen LogP contribution is -2.16. The standard InChI is InChI=1S/C38H40O9/c1-6-35(39)45-19-11-9-8-10-18-44-28-13-15-30-31-16-14-29(23-33(31)26(5)32(30)22-28)46-38(42)27-12-17-34(24(3)20-27)47-37(41)25(4)21-36(40)43-7-2/h6,12-17,20,22-23,26H,1,4,7-11,18-19,21H2,2-3,5H3. The molecule has 4 rings (SSSR count). The number of carbonyl (C=O) groups is 4. The minimum Gasteiger partial charge on any atom is -0.494 e. The Hall–Kier alpha value is -5.18. The second-order valence-corrected chi connectivity index (χ2v) is 11.2. The monoisotopic (exact) mass is 640 g/mol. The van der Waals surface area contributed by atoms with E-state index in [1.54, 1.807) is 26.0 Å². The van der Waals surface area contributed by atoms with E-state index in [9.17, 15) is 19.2 Å². The van der Waals surface area contributed by atoms with Crippen molar-refractivity contribution >= 4 is 23.9 Å². The topological polar surface area (TPSA) is 114 Å². The Bertz CT molecular complexity index is 1670. The van der Waals surface area contributed by atoms with Crippen molar-refractivity contribution in [3.8, 4) is 28.4 Å². The summed E-state index contributed by atoms with van der Waals surface area (Å²) in [6, 6.07) is 16.3.